The Kier molecular flexibility index (Phi) is 5.11. The fourth-order valence-electron chi connectivity index (χ4n) is 2.09. The second-order valence-corrected chi connectivity index (χ2v) is 6.43. The summed E-state index contributed by atoms with van der Waals surface area (Å²) < 4.78 is 21.3. The maximum Gasteiger partial charge on any atom is 0.339 e. The van der Waals surface area contributed by atoms with Crippen molar-refractivity contribution in [2.24, 2.45) is 5.92 Å². The molecule has 1 aliphatic heterocycles. The van der Waals surface area contributed by atoms with Gasteiger partial charge in [0.15, 0.2) is 18.5 Å². The van der Waals surface area contributed by atoms with E-state index >= 15 is 0 Å². The Bertz CT molecular complexity index is 380. The number of hydrogen-bond acceptors (Lipinski definition) is 6. The SMILES string of the molecule is CC(C)OC(=O)[C@@H]1OC([C@H]2C[C@@H]2Cl)O[C@H]1C(=O)OC(C)C. The van der Waals surface area contributed by atoms with Crippen LogP contribution >= 0.6 is 11.6 Å². The Morgan fingerprint density at radius 1 is 1.00 bits per heavy atom. The Morgan fingerprint density at radius 3 is 1.67 bits per heavy atom. The molecule has 4 atom stereocenters. The summed E-state index contributed by atoms with van der Waals surface area (Å²) in [4.78, 5) is 24.1. The molecule has 2 aliphatic rings. The van der Waals surface area contributed by atoms with Gasteiger partial charge >= 0.3 is 11.9 Å². The van der Waals surface area contributed by atoms with Crippen LogP contribution in [-0.2, 0) is 28.5 Å². The van der Waals surface area contributed by atoms with Gasteiger partial charge in [0.2, 0.25) is 0 Å². The smallest absolute Gasteiger partial charge is 0.339 e. The Hall–Kier alpha value is -0.850. The van der Waals surface area contributed by atoms with Crippen LogP contribution in [0, 0.1) is 5.92 Å². The average Bonchev–Trinajstić information content (AvgIpc) is 2.90. The van der Waals surface area contributed by atoms with E-state index in [-0.39, 0.29) is 23.5 Å². The summed E-state index contributed by atoms with van der Waals surface area (Å²) in [5.41, 5.74) is 0. The van der Waals surface area contributed by atoms with E-state index in [0.717, 1.165) is 6.42 Å². The van der Waals surface area contributed by atoms with Gasteiger partial charge in [-0.15, -0.1) is 11.6 Å². The van der Waals surface area contributed by atoms with Crippen molar-refractivity contribution < 1.29 is 28.5 Å². The van der Waals surface area contributed by atoms with Crippen molar-refractivity contribution in [3.8, 4) is 0 Å². The van der Waals surface area contributed by atoms with Crippen LogP contribution in [0.25, 0.3) is 0 Å². The van der Waals surface area contributed by atoms with Crippen LogP contribution in [0.15, 0.2) is 0 Å². The zero-order valence-corrected chi connectivity index (χ0v) is 13.3. The standard InChI is InChI=1S/C14H21ClO6/c1-6(2)18-12(16)10-11(13(17)19-7(3)4)21-14(20-10)8-5-9(8)15/h6-11,14H,5H2,1-4H3/t8-,9-,10+,11+/m0/s1. The molecule has 0 aromatic carbocycles. The summed E-state index contributed by atoms with van der Waals surface area (Å²) in [6.07, 6.45) is -2.74. The molecule has 1 saturated carbocycles. The fraction of sp³-hybridized carbons (Fsp3) is 0.857. The molecule has 120 valence electrons. The second-order valence-electron chi connectivity index (χ2n) is 5.87. The molecule has 6 nitrogen and oxygen atoms in total. The zero-order valence-electron chi connectivity index (χ0n) is 12.6. The van der Waals surface area contributed by atoms with Crippen LogP contribution in [0.5, 0.6) is 0 Å². The summed E-state index contributed by atoms with van der Waals surface area (Å²) in [5.74, 6) is -1.24. The molecule has 2 fully saturated rings. The first-order valence-corrected chi connectivity index (χ1v) is 7.59. The van der Waals surface area contributed by atoms with Crippen molar-refractivity contribution >= 4 is 23.5 Å². The summed E-state index contributed by atoms with van der Waals surface area (Å²) in [7, 11) is 0. The van der Waals surface area contributed by atoms with E-state index in [1.165, 1.54) is 0 Å². The van der Waals surface area contributed by atoms with Gasteiger partial charge in [-0.2, -0.15) is 0 Å². The van der Waals surface area contributed by atoms with Crippen LogP contribution in [0.2, 0.25) is 0 Å². The quantitative estimate of drug-likeness (QED) is 0.566. The minimum absolute atomic E-state index is 0.00198. The zero-order chi connectivity index (χ0) is 15.7. The predicted octanol–water partition coefficient (Wildman–Crippen LogP) is 1.63. The minimum atomic E-state index is -1.10. The topological polar surface area (TPSA) is 71.1 Å². The third-order valence-corrected chi connectivity index (χ3v) is 3.61. The molecule has 0 aromatic rings. The van der Waals surface area contributed by atoms with E-state index < -0.39 is 30.4 Å². The van der Waals surface area contributed by atoms with Crippen LogP contribution in [0.4, 0.5) is 0 Å². The molecule has 7 heteroatoms. The highest BCUT2D eigenvalue weighted by molar-refractivity contribution is 6.22. The minimum Gasteiger partial charge on any atom is -0.461 e. The van der Waals surface area contributed by atoms with Gasteiger partial charge in [0, 0.05) is 11.3 Å². The molecule has 0 spiro atoms. The van der Waals surface area contributed by atoms with E-state index in [1.54, 1.807) is 27.7 Å². The summed E-state index contributed by atoms with van der Waals surface area (Å²) >= 11 is 5.96. The highest BCUT2D eigenvalue weighted by Gasteiger charge is 2.54. The Labute approximate surface area is 129 Å². The molecule has 0 aromatic heterocycles. The van der Waals surface area contributed by atoms with Gasteiger partial charge in [-0.25, -0.2) is 9.59 Å². The van der Waals surface area contributed by atoms with Gasteiger partial charge in [-0.1, -0.05) is 0 Å². The van der Waals surface area contributed by atoms with Crippen LogP contribution < -0.4 is 0 Å². The third-order valence-electron chi connectivity index (χ3n) is 3.11. The predicted molar refractivity (Wildman–Crippen MR) is 73.7 cm³/mol. The molecule has 0 bridgehead atoms. The second kappa shape index (κ2) is 6.50. The first-order chi connectivity index (χ1) is 9.79. The molecular formula is C14H21ClO6. The third kappa shape index (κ3) is 4.08. The van der Waals surface area contributed by atoms with Crippen molar-refractivity contribution in [1.29, 1.82) is 0 Å². The monoisotopic (exact) mass is 320 g/mol. The van der Waals surface area contributed by atoms with Gasteiger partial charge in [-0.3, -0.25) is 0 Å². The summed E-state index contributed by atoms with van der Waals surface area (Å²) in [5, 5.41) is -0.0448. The van der Waals surface area contributed by atoms with E-state index in [2.05, 4.69) is 0 Å². The molecule has 1 saturated heterocycles. The lowest BCUT2D eigenvalue weighted by atomic mass is 10.2. The largest absolute Gasteiger partial charge is 0.461 e. The van der Waals surface area contributed by atoms with Gasteiger partial charge in [-0.05, 0) is 34.1 Å². The molecule has 1 heterocycles. The highest BCUT2D eigenvalue weighted by atomic mass is 35.5. The first-order valence-electron chi connectivity index (χ1n) is 7.15. The number of rotatable bonds is 5. The van der Waals surface area contributed by atoms with Crippen molar-refractivity contribution in [3.63, 3.8) is 0 Å². The maximum absolute atomic E-state index is 12.1. The van der Waals surface area contributed by atoms with Crippen LogP contribution in [0.1, 0.15) is 34.1 Å². The molecule has 0 N–H and O–H groups in total. The first kappa shape index (κ1) is 16.5. The Balaban J connectivity index is 2.05. The molecule has 0 unspecified atom stereocenters. The van der Waals surface area contributed by atoms with Crippen LogP contribution in [-0.4, -0.2) is 48.0 Å². The fourth-order valence-corrected chi connectivity index (χ4v) is 2.41. The summed E-state index contributed by atoms with van der Waals surface area (Å²) in [6.45, 7) is 6.90. The summed E-state index contributed by atoms with van der Waals surface area (Å²) in [6, 6.07) is 0. The number of ether oxygens (including phenoxy) is 4. The van der Waals surface area contributed by atoms with E-state index in [1.807, 2.05) is 0 Å². The number of hydrogen-bond donors (Lipinski definition) is 0. The lowest BCUT2D eigenvalue weighted by Crippen LogP contribution is -2.40. The number of carbonyl (C=O) groups is 2. The van der Waals surface area contributed by atoms with Gasteiger partial charge in [0.25, 0.3) is 0 Å². The van der Waals surface area contributed by atoms with E-state index in [0.29, 0.717) is 0 Å². The lowest BCUT2D eigenvalue weighted by Gasteiger charge is -2.17. The molecular weight excluding hydrogens is 300 g/mol. The molecule has 2 rings (SSSR count). The molecule has 1 aliphatic carbocycles. The highest BCUT2D eigenvalue weighted by Crippen LogP contribution is 2.44. The number of esters is 2. The number of halogens is 1. The van der Waals surface area contributed by atoms with Crippen molar-refractivity contribution in [2.75, 3.05) is 0 Å². The Morgan fingerprint density at radius 2 is 1.38 bits per heavy atom. The van der Waals surface area contributed by atoms with E-state index in [4.69, 9.17) is 30.5 Å². The van der Waals surface area contributed by atoms with E-state index in [9.17, 15) is 9.59 Å². The van der Waals surface area contributed by atoms with Crippen molar-refractivity contribution in [3.05, 3.63) is 0 Å². The molecule has 0 amide bonds. The normalized spacial score (nSPS) is 32.5. The van der Waals surface area contributed by atoms with Gasteiger partial charge < -0.3 is 18.9 Å². The van der Waals surface area contributed by atoms with Gasteiger partial charge in [0.05, 0.1) is 12.2 Å². The lowest BCUT2D eigenvalue weighted by molar-refractivity contribution is -0.167. The molecule has 21 heavy (non-hydrogen) atoms. The van der Waals surface area contributed by atoms with Crippen LogP contribution in [0.3, 0.4) is 0 Å². The van der Waals surface area contributed by atoms with Crippen molar-refractivity contribution in [2.45, 2.75) is 70.2 Å². The van der Waals surface area contributed by atoms with Crippen molar-refractivity contribution in [1.82, 2.24) is 0 Å². The maximum atomic E-state index is 12.1. The van der Waals surface area contributed by atoms with Gasteiger partial charge in [0.1, 0.15) is 0 Å². The number of alkyl halides is 1. The molecule has 0 radical (unpaired) electrons. The number of carbonyl (C=O) groups excluding carboxylic acids is 2. The average molecular weight is 321 g/mol.